The van der Waals surface area contributed by atoms with Gasteiger partial charge in [-0.2, -0.15) is 0 Å². The van der Waals surface area contributed by atoms with Gasteiger partial charge in [-0.3, -0.25) is 9.59 Å². The lowest BCUT2D eigenvalue weighted by atomic mass is 10.1. The van der Waals surface area contributed by atoms with Crippen LogP contribution in [0.3, 0.4) is 0 Å². The topological polar surface area (TPSA) is 79.3 Å². The zero-order chi connectivity index (χ0) is 14.5. The van der Waals surface area contributed by atoms with Crippen molar-refractivity contribution in [2.24, 2.45) is 5.92 Å². The second kappa shape index (κ2) is 6.83. The van der Waals surface area contributed by atoms with Gasteiger partial charge in [0, 0.05) is 23.9 Å². The first kappa shape index (κ1) is 15.0. The zero-order valence-electron chi connectivity index (χ0n) is 11.6. The molecule has 1 amide bonds. The average Bonchev–Trinajstić information content (AvgIpc) is 3.14. The number of unbranched alkanes of at least 4 members (excludes halogenated alkanes) is 1. The first-order valence-electron chi connectivity index (χ1n) is 6.99. The van der Waals surface area contributed by atoms with E-state index in [1.807, 2.05) is 12.3 Å². The monoisotopic (exact) mass is 296 g/mol. The summed E-state index contributed by atoms with van der Waals surface area (Å²) in [5.41, 5.74) is 0.992. The molecule has 6 heteroatoms. The van der Waals surface area contributed by atoms with Crippen LogP contribution in [0.5, 0.6) is 0 Å². The average molecular weight is 296 g/mol. The Morgan fingerprint density at radius 2 is 2.15 bits per heavy atom. The second-order valence-electron chi connectivity index (χ2n) is 5.31. The van der Waals surface area contributed by atoms with E-state index in [-0.39, 0.29) is 18.4 Å². The Hall–Kier alpha value is -1.43. The normalized spacial score (nSPS) is 15.8. The fourth-order valence-corrected chi connectivity index (χ4v) is 3.07. The molecule has 1 saturated carbocycles. The van der Waals surface area contributed by atoms with Crippen LogP contribution in [0.1, 0.15) is 55.3 Å². The molecule has 110 valence electrons. The molecule has 0 bridgehead atoms. The van der Waals surface area contributed by atoms with E-state index < -0.39 is 5.97 Å². The van der Waals surface area contributed by atoms with Crippen molar-refractivity contribution in [1.29, 1.82) is 0 Å². The summed E-state index contributed by atoms with van der Waals surface area (Å²) in [5, 5.41) is 14.6. The maximum Gasteiger partial charge on any atom is 0.303 e. The van der Waals surface area contributed by atoms with Crippen LogP contribution >= 0.6 is 11.3 Å². The summed E-state index contributed by atoms with van der Waals surface area (Å²) >= 11 is 1.60. The number of amides is 1. The fraction of sp³-hybridized carbons (Fsp3) is 0.643. The van der Waals surface area contributed by atoms with Crippen LogP contribution in [0.25, 0.3) is 0 Å². The first-order valence-corrected chi connectivity index (χ1v) is 7.87. The lowest BCUT2D eigenvalue weighted by Crippen LogP contribution is -2.29. The predicted octanol–water partition coefficient (Wildman–Crippen LogP) is 2.66. The molecular formula is C14H20N2O3S. The maximum atomic E-state index is 11.9. The quantitative estimate of drug-likeness (QED) is 0.723. The van der Waals surface area contributed by atoms with Gasteiger partial charge in [0.2, 0.25) is 5.91 Å². The summed E-state index contributed by atoms with van der Waals surface area (Å²) in [4.78, 5) is 26.8. The van der Waals surface area contributed by atoms with E-state index in [1.54, 1.807) is 11.3 Å². The molecule has 1 aliphatic rings. The number of aliphatic carboxylic acids is 1. The third-order valence-electron chi connectivity index (χ3n) is 3.36. The smallest absolute Gasteiger partial charge is 0.303 e. The molecular weight excluding hydrogens is 276 g/mol. The van der Waals surface area contributed by atoms with Crippen molar-refractivity contribution in [1.82, 2.24) is 10.3 Å². The summed E-state index contributed by atoms with van der Waals surface area (Å²) in [6.07, 6.45) is 3.97. The van der Waals surface area contributed by atoms with E-state index >= 15 is 0 Å². The summed E-state index contributed by atoms with van der Waals surface area (Å²) in [7, 11) is 0. The highest BCUT2D eigenvalue weighted by Gasteiger charge is 2.35. The highest BCUT2D eigenvalue weighted by atomic mass is 32.1. The van der Waals surface area contributed by atoms with E-state index in [0.29, 0.717) is 25.2 Å². The first-order chi connectivity index (χ1) is 9.56. The molecule has 1 aromatic rings. The molecule has 1 atom stereocenters. The number of aryl methyl sites for hydroxylation is 1. The van der Waals surface area contributed by atoms with Gasteiger partial charge in [-0.1, -0.05) is 0 Å². The molecule has 0 aliphatic heterocycles. The Morgan fingerprint density at radius 1 is 1.45 bits per heavy atom. The minimum absolute atomic E-state index is 0.000131. The maximum absolute atomic E-state index is 11.9. The number of hydrogen-bond acceptors (Lipinski definition) is 4. The highest BCUT2D eigenvalue weighted by Crippen LogP contribution is 2.41. The Bertz CT molecular complexity index is 483. The van der Waals surface area contributed by atoms with Gasteiger partial charge >= 0.3 is 5.97 Å². The SMILES string of the molecule is Cc1csc(C(NC(=O)CCCCC(=O)O)C2CC2)n1. The van der Waals surface area contributed by atoms with Crippen molar-refractivity contribution in [2.45, 2.75) is 51.5 Å². The molecule has 2 rings (SSSR count). The molecule has 1 heterocycles. The van der Waals surface area contributed by atoms with Gasteiger partial charge in [0.05, 0.1) is 6.04 Å². The van der Waals surface area contributed by atoms with Crippen LogP contribution in [0, 0.1) is 12.8 Å². The number of hydrogen-bond donors (Lipinski definition) is 2. The standard InChI is InChI=1S/C14H20N2O3S/c1-9-8-20-14(15-9)13(10-6-7-10)16-11(17)4-2-3-5-12(18)19/h8,10,13H,2-7H2,1H3,(H,16,17)(H,18,19). The van der Waals surface area contributed by atoms with Crippen molar-refractivity contribution in [3.63, 3.8) is 0 Å². The van der Waals surface area contributed by atoms with Crippen LogP contribution < -0.4 is 5.32 Å². The Kier molecular flexibility index (Phi) is 5.11. The van der Waals surface area contributed by atoms with E-state index in [4.69, 9.17) is 5.11 Å². The minimum atomic E-state index is -0.806. The number of carbonyl (C=O) groups excluding carboxylic acids is 1. The van der Waals surface area contributed by atoms with Crippen molar-refractivity contribution < 1.29 is 14.7 Å². The summed E-state index contributed by atoms with van der Waals surface area (Å²) in [6, 6.07) is 0.0423. The number of carbonyl (C=O) groups is 2. The van der Waals surface area contributed by atoms with Crippen LogP contribution in [0.15, 0.2) is 5.38 Å². The van der Waals surface area contributed by atoms with E-state index in [9.17, 15) is 9.59 Å². The largest absolute Gasteiger partial charge is 0.481 e. The number of carboxylic acid groups (broad SMARTS) is 1. The van der Waals surface area contributed by atoms with Crippen molar-refractivity contribution >= 4 is 23.2 Å². The molecule has 5 nitrogen and oxygen atoms in total. The van der Waals surface area contributed by atoms with Gasteiger partial charge in [0.1, 0.15) is 5.01 Å². The highest BCUT2D eigenvalue weighted by molar-refractivity contribution is 7.09. The van der Waals surface area contributed by atoms with Gasteiger partial charge in [0.15, 0.2) is 0 Å². The Morgan fingerprint density at radius 3 is 2.70 bits per heavy atom. The molecule has 2 N–H and O–H groups in total. The van der Waals surface area contributed by atoms with Gasteiger partial charge in [-0.25, -0.2) is 4.98 Å². The van der Waals surface area contributed by atoms with Gasteiger partial charge in [0.25, 0.3) is 0 Å². The lowest BCUT2D eigenvalue weighted by Gasteiger charge is -2.15. The van der Waals surface area contributed by atoms with Crippen LogP contribution in [0.4, 0.5) is 0 Å². The van der Waals surface area contributed by atoms with Crippen LogP contribution in [-0.4, -0.2) is 22.0 Å². The van der Waals surface area contributed by atoms with Crippen LogP contribution in [0.2, 0.25) is 0 Å². The van der Waals surface area contributed by atoms with E-state index in [0.717, 1.165) is 23.5 Å². The summed E-state index contributed by atoms with van der Waals surface area (Å²) < 4.78 is 0. The van der Waals surface area contributed by atoms with Crippen LogP contribution in [-0.2, 0) is 9.59 Å². The number of nitrogens with zero attached hydrogens (tertiary/aromatic N) is 1. The molecule has 0 radical (unpaired) electrons. The number of nitrogens with one attached hydrogen (secondary N) is 1. The number of rotatable bonds is 8. The summed E-state index contributed by atoms with van der Waals surface area (Å²) in [5.74, 6) is -0.289. The minimum Gasteiger partial charge on any atom is -0.481 e. The van der Waals surface area contributed by atoms with Gasteiger partial charge in [-0.05, 0) is 38.5 Å². The molecule has 1 aliphatic carbocycles. The Labute approximate surface area is 122 Å². The molecule has 1 fully saturated rings. The second-order valence-corrected chi connectivity index (χ2v) is 6.20. The number of carboxylic acids is 1. The predicted molar refractivity (Wildman–Crippen MR) is 76.6 cm³/mol. The van der Waals surface area contributed by atoms with E-state index in [1.165, 1.54) is 0 Å². The number of thiazole rings is 1. The van der Waals surface area contributed by atoms with E-state index in [2.05, 4.69) is 10.3 Å². The zero-order valence-corrected chi connectivity index (χ0v) is 12.4. The molecule has 0 saturated heterocycles. The van der Waals surface area contributed by atoms with Crippen molar-refractivity contribution in [3.05, 3.63) is 16.1 Å². The Balaban J connectivity index is 1.80. The third kappa shape index (κ3) is 4.59. The van der Waals surface area contributed by atoms with Gasteiger partial charge < -0.3 is 10.4 Å². The summed E-state index contributed by atoms with van der Waals surface area (Å²) in [6.45, 7) is 1.96. The molecule has 0 aromatic carbocycles. The van der Waals surface area contributed by atoms with Crippen molar-refractivity contribution in [2.75, 3.05) is 0 Å². The number of aromatic nitrogens is 1. The third-order valence-corrected chi connectivity index (χ3v) is 4.40. The molecule has 1 unspecified atom stereocenters. The molecule has 0 spiro atoms. The molecule has 20 heavy (non-hydrogen) atoms. The molecule has 1 aromatic heterocycles. The van der Waals surface area contributed by atoms with Crippen molar-refractivity contribution in [3.8, 4) is 0 Å². The lowest BCUT2D eigenvalue weighted by molar-refractivity contribution is -0.137. The van der Waals surface area contributed by atoms with Gasteiger partial charge in [-0.15, -0.1) is 11.3 Å². The fourth-order valence-electron chi connectivity index (χ4n) is 2.13.